The average Bonchev–Trinajstić information content (AvgIpc) is 2.61. The van der Waals surface area contributed by atoms with Crippen molar-refractivity contribution in [1.82, 2.24) is 0 Å². The predicted octanol–water partition coefficient (Wildman–Crippen LogP) is 3.53. The van der Waals surface area contributed by atoms with Gasteiger partial charge in [-0.05, 0) is 37.3 Å². The summed E-state index contributed by atoms with van der Waals surface area (Å²) in [6.07, 6.45) is 10.4. The highest BCUT2D eigenvalue weighted by molar-refractivity contribution is 6.06. The van der Waals surface area contributed by atoms with Gasteiger partial charge in [0.2, 0.25) is 0 Å². The Hall–Kier alpha value is -1.18. The van der Waals surface area contributed by atoms with Gasteiger partial charge in [-0.3, -0.25) is 4.79 Å². The third kappa shape index (κ3) is 4.24. The van der Waals surface area contributed by atoms with Gasteiger partial charge in [-0.25, -0.2) is 4.39 Å². The Kier molecular flexibility index (Phi) is 5.02. The number of hydrogen-bond acceptors (Lipinski definition) is 1. The van der Waals surface area contributed by atoms with Crippen LogP contribution in [0.15, 0.2) is 36.0 Å². The first-order valence-electron chi connectivity index (χ1n) is 5.43. The first-order chi connectivity index (χ1) is 7.24. The van der Waals surface area contributed by atoms with Crippen molar-refractivity contribution in [1.29, 1.82) is 0 Å². The van der Waals surface area contributed by atoms with E-state index in [1.165, 1.54) is 0 Å². The van der Waals surface area contributed by atoms with Gasteiger partial charge < -0.3 is 0 Å². The molecule has 1 unspecified atom stereocenters. The molecule has 0 spiro atoms. The van der Waals surface area contributed by atoms with Gasteiger partial charge >= 0.3 is 0 Å². The third-order valence-corrected chi connectivity index (χ3v) is 2.34. The number of allylic oxidation sites excluding steroid dienone is 6. The molecule has 0 amide bonds. The Morgan fingerprint density at radius 3 is 2.87 bits per heavy atom. The first-order valence-corrected chi connectivity index (χ1v) is 5.43. The summed E-state index contributed by atoms with van der Waals surface area (Å²) in [6, 6.07) is 0. The molecule has 0 aliphatic heterocycles. The molecule has 82 valence electrons. The second-order valence-corrected chi connectivity index (χ2v) is 3.65. The lowest BCUT2D eigenvalue weighted by Crippen LogP contribution is -1.98. The van der Waals surface area contributed by atoms with Crippen LogP contribution in [0.5, 0.6) is 0 Å². The fourth-order valence-electron chi connectivity index (χ4n) is 1.46. The van der Waals surface area contributed by atoms with E-state index in [2.05, 4.69) is 0 Å². The number of rotatable bonds is 5. The monoisotopic (exact) mass is 208 g/mol. The lowest BCUT2D eigenvalue weighted by atomic mass is 10.1. The molecular formula is C13H17FO. The zero-order chi connectivity index (χ0) is 11.1. The molecule has 0 radical (unpaired) electrons. The normalized spacial score (nSPS) is 20.7. The number of halogens is 1. The molecule has 1 aliphatic rings. The molecule has 0 heterocycles. The fraction of sp³-hybridized carbons (Fsp3) is 0.462. The largest absolute Gasteiger partial charge is 0.290 e. The van der Waals surface area contributed by atoms with Crippen LogP contribution in [-0.2, 0) is 4.79 Å². The van der Waals surface area contributed by atoms with Gasteiger partial charge in [-0.1, -0.05) is 31.2 Å². The van der Waals surface area contributed by atoms with E-state index < -0.39 is 6.17 Å². The highest BCUT2D eigenvalue weighted by Crippen LogP contribution is 2.16. The summed E-state index contributed by atoms with van der Waals surface area (Å²) in [5.74, 6) is 0.0336. The summed E-state index contributed by atoms with van der Waals surface area (Å²) in [5, 5.41) is 0. The molecule has 0 saturated heterocycles. The number of carbonyl (C=O) groups excluding carboxylic acids is 1. The van der Waals surface area contributed by atoms with E-state index in [4.69, 9.17) is 0 Å². The highest BCUT2D eigenvalue weighted by atomic mass is 19.1. The second-order valence-electron chi connectivity index (χ2n) is 3.65. The van der Waals surface area contributed by atoms with Crippen LogP contribution in [-0.4, -0.2) is 12.0 Å². The van der Waals surface area contributed by atoms with E-state index >= 15 is 0 Å². The van der Waals surface area contributed by atoms with Crippen molar-refractivity contribution in [2.75, 3.05) is 0 Å². The van der Waals surface area contributed by atoms with Gasteiger partial charge in [0.1, 0.15) is 6.17 Å². The van der Waals surface area contributed by atoms with Gasteiger partial charge in [-0.2, -0.15) is 0 Å². The molecule has 0 aromatic rings. The molecule has 1 nitrogen and oxygen atoms in total. The van der Waals surface area contributed by atoms with E-state index in [0.29, 0.717) is 19.3 Å². The molecule has 1 aliphatic carbocycles. The maximum Gasteiger partial charge on any atom is 0.181 e. The van der Waals surface area contributed by atoms with E-state index in [1.54, 1.807) is 12.2 Å². The van der Waals surface area contributed by atoms with Crippen molar-refractivity contribution >= 4 is 5.78 Å². The van der Waals surface area contributed by atoms with Crippen molar-refractivity contribution in [2.45, 2.75) is 38.8 Å². The van der Waals surface area contributed by atoms with Crippen LogP contribution in [0.1, 0.15) is 32.6 Å². The molecule has 0 aromatic heterocycles. The van der Waals surface area contributed by atoms with E-state index in [9.17, 15) is 9.18 Å². The number of alkyl halides is 1. The van der Waals surface area contributed by atoms with Crippen molar-refractivity contribution in [3.63, 3.8) is 0 Å². The van der Waals surface area contributed by atoms with Crippen LogP contribution >= 0.6 is 0 Å². The minimum Gasteiger partial charge on any atom is -0.290 e. The zero-order valence-corrected chi connectivity index (χ0v) is 9.08. The molecular weight excluding hydrogens is 191 g/mol. The predicted molar refractivity (Wildman–Crippen MR) is 60.4 cm³/mol. The maximum absolute atomic E-state index is 13.3. The molecule has 0 fully saturated rings. The van der Waals surface area contributed by atoms with Gasteiger partial charge in [0, 0.05) is 0 Å². The Balaban J connectivity index is 2.30. The van der Waals surface area contributed by atoms with Crippen LogP contribution in [0.3, 0.4) is 0 Å². The maximum atomic E-state index is 13.3. The summed E-state index contributed by atoms with van der Waals surface area (Å²) in [6.45, 7) is 2.02. The van der Waals surface area contributed by atoms with Crippen molar-refractivity contribution in [3.05, 3.63) is 36.0 Å². The van der Waals surface area contributed by atoms with Gasteiger partial charge in [0.25, 0.3) is 0 Å². The third-order valence-electron chi connectivity index (χ3n) is 2.34. The van der Waals surface area contributed by atoms with E-state index in [0.717, 1.165) is 12.0 Å². The zero-order valence-electron chi connectivity index (χ0n) is 9.08. The molecule has 1 rings (SSSR count). The quantitative estimate of drug-likeness (QED) is 0.499. The molecule has 1 atom stereocenters. The minimum atomic E-state index is -0.867. The van der Waals surface area contributed by atoms with Gasteiger partial charge in [-0.15, -0.1) is 0 Å². The van der Waals surface area contributed by atoms with Gasteiger partial charge in [0.15, 0.2) is 5.78 Å². The number of carbonyl (C=O) groups is 1. The summed E-state index contributed by atoms with van der Waals surface area (Å²) in [5.41, 5.74) is 0.733. The summed E-state index contributed by atoms with van der Waals surface area (Å²) in [4.78, 5) is 11.2. The minimum absolute atomic E-state index is 0.0336. The first kappa shape index (κ1) is 11.9. The van der Waals surface area contributed by atoms with Crippen molar-refractivity contribution < 1.29 is 9.18 Å². The lowest BCUT2D eigenvalue weighted by molar-refractivity contribution is -0.111. The van der Waals surface area contributed by atoms with E-state index in [1.807, 2.05) is 25.2 Å². The molecule has 0 saturated carbocycles. The van der Waals surface area contributed by atoms with Crippen LogP contribution < -0.4 is 0 Å². The van der Waals surface area contributed by atoms with Crippen molar-refractivity contribution in [2.24, 2.45) is 0 Å². The Morgan fingerprint density at radius 2 is 2.27 bits per heavy atom. The van der Waals surface area contributed by atoms with Crippen LogP contribution in [0.2, 0.25) is 0 Å². The molecule has 2 heteroatoms. The molecule has 0 N–H and O–H groups in total. The standard InChI is InChI=1S/C13H17FO/c1-2-3-4-7-12(14)10-9-11-6-5-8-13(11)15/h3-5,8-9,12H,2,6-7,10H2,1H3. The Bertz CT molecular complexity index is 300. The number of ketones is 1. The smallest absolute Gasteiger partial charge is 0.181 e. The lowest BCUT2D eigenvalue weighted by Gasteiger charge is -2.01. The molecule has 0 aromatic carbocycles. The second kappa shape index (κ2) is 6.33. The molecule has 0 bridgehead atoms. The Morgan fingerprint density at radius 1 is 1.47 bits per heavy atom. The topological polar surface area (TPSA) is 17.1 Å². The van der Waals surface area contributed by atoms with Crippen LogP contribution in [0, 0.1) is 0 Å². The van der Waals surface area contributed by atoms with Crippen LogP contribution in [0.25, 0.3) is 0 Å². The SMILES string of the molecule is CCC=CCC(F)CC=C1CC=CC1=O. The van der Waals surface area contributed by atoms with Crippen LogP contribution in [0.4, 0.5) is 4.39 Å². The highest BCUT2D eigenvalue weighted by Gasteiger charge is 2.11. The number of hydrogen-bond donors (Lipinski definition) is 0. The Labute approximate surface area is 90.4 Å². The summed E-state index contributed by atoms with van der Waals surface area (Å²) in [7, 11) is 0. The van der Waals surface area contributed by atoms with Crippen molar-refractivity contribution in [3.8, 4) is 0 Å². The van der Waals surface area contributed by atoms with E-state index in [-0.39, 0.29) is 5.78 Å². The fourth-order valence-corrected chi connectivity index (χ4v) is 1.46. The molecule has 15 heavy (non-hydrogen) atoms. The average molecular weight is 208 g/mol. The summed E-state index contributed by atoms with van der Waals surface area (Å²) >= 11 is 0. The summed E-state index contributed by atoms with van der Waals surface area (Å²) < 4.78 is 13.3. The van der Waals surface area contributed by atoms with Gasteiger partial charge in [0.05, 0.1) is 0 Å².